The maximum atomic E-state index is 12.4. The molecule has 0 atom stereocenters. The van der Waals surface area contributed by atoms with E-state index in [9.17, 15) is 9.59 Å². The normalized spacial score (nSPS) is 10.4. The maximum Gasteiger partial charge on any atom is 0.343 e. The molecule has 4 heteroatoms. The first kappa shape index (κ1) is 20.3. The molecular formula is C25H24O4. The third kappa shape index (κ3) is 5.11. The third-order valence-corrected chi connectivity index (χ3v) is 4.75. The molecule has 0 heterocycles. The van der Waals surface area contributed by atoms with Crippen molar-refractivity contribution in [2.45, 2.75) is 33.6 Å². The van der Waals surface area contributed by atoms with Crippen molar-refractivity contribution < 1.29 is 19.1 Å². The predicted octanol–water partition coefficient (Wildman–Crippen LogP) is 5.56. The summed E-state index contributed by atoms with van der Waals surface area (Å²) in [5.74, 6) is 0.0294. The van der Waals surface area contributed by atoms with Gasteiger partial charge in [-0.05, 0) is 78.9 Å². The second-order valence-electron chi connectivity index (χ2n) is 6.81. The summed E-state index contributed by atoms with van der Waals surface area (Å²) < 4.78 is 10.9. The molecule has 3 aromatic rings. The molecule has 0 bridgehead atoms. The zero-order chi connectivity index (χ0) is 20.8. The van der Waals surface area contributed by atoms with Crippen molar-refractivity contribution in [1.29, 1.82) is 0 Å². The van der Waals surface area contributed by atoms with Crippen LogP contribution in [0.4, 0.5) is 0 Å². The molecule has 0 saturated heterocycles. The van der Waals surface area contributed by atoms with E-state index < -0.39 is 11.9 Å². The lowest BCUT2D eigenvalue weighted by atomic mass is 10.1. The fourth-order valence-electron chi connectivity index (χ4n) is 2.89. The maximum absolute atomic E-state index is 12.4. The van der Waals surface area contributed by atoms with E-state index in [0.717, 1.165) is 18.4 Å². The minimum absolute atomic E-state index is 0.397. The van der Waals surface area contributed by atoms with E-state index in [2.05, 4.69) is 13.8 Å². The van der Waals surface area contributed by atoms with Crippen LogP contribution in [0.25, 0.3) is 0 Å². The van der Waals surface area contributed by atoms with Crippen LogP contribution in [0.15, 0.2) is 66.7 Å². The Balaban J connectivity index is 1.68. The molecule has 148 valence electrons. The lowest BCUT2D eigenvalue weighted by molar-refractivity contribution is 0.0730. The lowest BCUT2D eigenvalue weighted by Crippen LogP contribution is -2.11. The second-order valence-corrected chi connectivity index (χ2v) is 6.81. The van der Waals surface area contributed by atoms with Gasteiger partial charge in [0.15, 0.2) is 0 Å². The monoisotopic (exact) mass is 388 g/mol. The van der Waals surface area contributed by atoms with E-state index in [-0.39, 0.29) is 0 Å². The Kier molecular flexibility index (Phi) is 6.45. The molecule has 0 N–H and O–H groups in total. The number of rotatable bonds is 6. The molecule has 0 spiro atoms. The van der Waals surface area contributed by atoms with Gasteiger partial charge >= 0.3 is 11.9 Å². The molecule has 0 aliphatic rings. The minimum atomic E-state index is -0.453. The van der Waals surface area contributed by atoms with Crippen molar-refractivity contribution in [2.24, 2.45) is 0 Å². The quantitative estimate of drug-likeness (QED) is 0.410. The third-order valence-electron chi connectivity index (χ3n) is 4.75. The zero-order valence-electron chi connectivity index (χ0n) is 16.9. The van der Waals surface area contributed by atoms with Gasteiger partial charge in [-0.25, -0.2) is 9.59 Å². The predicted molar refractivity (Wildman–Crippen MR) is 113 cm³/mol. The highest BCUT2D eigenvalue weighted by molar-refractivity contribution is 5.93. The van der Waals surface area contributed by atoms with Crippen molar-refractivity contribution in [3.8, 4) is 11.5 Å². The second kappa shape index (κ2) is 9.20. The van der Waals surface area contributed by atoms with Crippen LogP contribution in [0.2, 0.25) is 0 Å². The Morgan fingerprint density at radius 1 is 0.690 bits per heavy atom. The summed E-state index contributed by atoms with van der Waals surface area (Å²) in [6, 6.07) is 19.6. The van der Waals surface area contributed by atoms with Gasteiger partial charge in [0.2, 0.25) is 0 Å². The number of carbonyl (C=O) groups is 2. The molecule has 3 aromatic carbocycles. The highest BCUT2D eigenvalue weighted by Crippen LogP contribution is 2.22. The molecule has 0 unspecified atom stereocenters. The topological polar surface area (TPSA) is 52.6 Å². The van der Waals surface area contributed by atoms with Crippen molar-refractivity contribution >= 4 is 11.9 Å². The summed E-state index contributed by atoms with van der Waals surface area (Å²) in [7, 11) is 0. The summed E-state index contributed by atoms with van der Waals surface area (Å²) in [4.78, 5) is 24.8. The number of hydrogen-bond donors (Lipinski definition) is 0. The molecule has 0 amide bonds. The molecule has 0 aliphatic heterocycles. The SMILES string of the molecule is CCc1ccc(OC(=O)c2ccc(OC(=O)c3ccc(CC)cc3)c(C)c2)cc1. The number of benzene rings is 3. The molecule has 4 nitrogen and oxygen atoms in total. The highest BCUT2D eigenvalue weighted by Gasteiger charge is 2.14. The summed E-state index contributed by atoms with van der Waals surface area (Å²) in [6.45, 7) is 5.91. The number of hydrogen-bond acceptors (Lipinski definition) is 4. The van der Waals surface area contributed by atoms with Crippen molar-refractivity contribution in [2.75, 3.05) is 0 Å². The first-order valence-corrected chi connectivity index (χ1v) is 9.73. The largest absolute Gasteiger partial charge is 0.423 e. The Labute approximate surface area is 171 Å². The Hall–Kier alpha value is -3.40. The lowest BCUT2D eigenvalue weighted by Gasteiger charge is -2.10. The van der Waals surface area contributed by atoms with Crippen molar-refractivity contribution in [3.63, 3.8) is 0 Å². The van der Waals surface area contributed by atoms with Gasteiger partial charge in [-0.1, -0.05) is 38.1 Å². The van der Waals surface area contributed by atoms with Gasteiger partial charge in [-0.3, -0.25) is 0 Å². The number of aryl methyl sites for hydroxylation is 3. The van der Waals surface area contributed by atoms with Gasteiger partial charge in [-0.15, -0.1) is 0 Å². The molecule has 29 heavy (non-hydrogen) atoms. The zero-order valence-corrected chi connectivity index (χ0v) is 16.9. The molecule has 3 rings (SSSR count). The Morgan fingerprint density at radius 3 is 1.76 bits per heavy atom. The summed E-state index contributed by atoms with van der Waals surface area (Å²) in [5.41, 5.74) is 3.90. The van der Waals surface area contributed by atoms with E-state index in [1.165, 1.54) is 5.56 Å². The van der Waals surface area contributed by atoms with Crippen LogP contribution in [0.1, 0.15) is 51.3 Å². The van der Waals surface area contributed by atoms with E-state index in [1.807, 2.05) is 24.3 Å². The smallest absolute Gasteiger partial charge is 0.343 e. The number of esters is 2. The Bertz CT molecular complexity index is 1000. The van der Waals surface area contributed by atoms with Crippen molar-refractivity contribution in [1.82, 2.24) is 0 Å². The van der Waals surface area contributed by atoms with E-state index in [1.54, 1.807) is 49.4 Å². The minimum Gasteiger partial charge on any atom is -0.423 e. The highest BCUT2D eigenvalue weighted by atomic mass is 16.5. The molecule has 0 radical (unpaired) electrons. The van der Waals surface area contributed by atoms with Gasteiger partial charge in [0.1, 0.15) is 11.5 Å². The van der Waals surface area contributed by atoms with E-state index >= 15 is 0 Å². The fraction of sp³-hybridized carbons (Fsp3) is 0.200. The van der Waals surface area contributed by atoms with Crippen LogP contribution in [0.3, 0.4) is 0 Å². The standard InChI is InChI=1S/C25H24O4/c1-4-18-6-10-20(11-7-18)24(26)29-23-15-12-21(16-17(23)3)25(27)28-22-13-8-19(5-2)9-14-22/h6-16H,4-5H2,1-3H3. The summed E-state index contributed by atoms with van der Waals surface area (Å²) >= 11 is 0. The van der Waals surface area contributed by atoms with Crippen LogP contribution in [0, 0.1) is 6.92 Å². The molecule has 0 aromatic heterocycles. The van der Waals surface area contributed by atoms with E-state index in [4.69, 9.17) is 9.47 Å². The summed E-state index contributed by atoms with van der Waals surface area (Å²) in [6.07, 6.45) is 1.84. The Morgan fingerprint density at radius 2 is 1.21 bits per heavy atom. The molecule has 0 aliphatic carbocycles. The number of ether oxygens (including phenoxy) is 2. The van der Waals surface area contributed by atoms with Gasteiger partial charge in [0.05, 0.1) is 11.1 Å². The number of carbonyl (C=O) groups excluding carboxylic acids is 2. The average molecular weight is 388 g/mol. The fourth-order valence-corrected chi connectivity index (χ4v) is 2.89. The van der Waals surface area contributed by atoms with Crippen LogP contribution in [-0.4, -0.2) is 11.9 Å². The van der Waals surface area contributed by atoms with Crippen LogP contribution < -0.4 is 9.47 Å². The van der Waals surface area contributed by atoms with E-state index in [0.29, 0.717) is 28.2 Å². The van der Waals surface area contributed by atoms with Crippen LogP contribution in [-0.2, 0) is 12.8 Å². The van der Waals surface area contributed by atoms with Crippen LogP contribution >= 0.6 is 0 Å². The molecule has 0 saturated carbocycles. The van der Waals surface area contributed by atoms with Gasteiger partial charge in [-0.2, -0.15) is 0 Å². The first-order valence-electron chi connectivity index (χ1n) is 9.73. The summed E-state index contributed by atoms with van der Waals surface area (Å²) in [5, 5.41) is 0. The van der Waals surface area contributed by atoms with Gasteiger partial charge in [0.25, 0.3) is 0 Å². The van der Waals surface area contributed by atoms with Crippen molar-refractivity contribution in [3.05, 3.63) is 94.5 Å². The first-order chi connectivity index (χ1) is 14.0. The van der Waals surface area contributed by atoms with Crippen LogP contribution in [0.5, 0.6) is 11.5 Å². The molecule has 0 fully saturated rings. The average Bonchev–Trinajstić information content (AvgIpc) is 2.75. The van der Waals surface area contributed by atoms with Gasteiger partial charge in [0, 0.05) is 0 Å². The van der Waals surface area contributed by atoms with Gasteiger partial charge < -0.3 is 9.47 Å². The molecular weight excluding hydrogens is 364 g/mol.